The summed E-state index contributed by atoms with van der Waals surface area (Å²) in [4.78, 5) is 44.4. The van der Waals surface area contributed by atoms with Gasteiger partial charge in [0.05, 0.1) is 12.6 Å². The number of carbonyl (C=O) groups is 3. The molecule has 2 aliphatic heterocycles. The fourth-order valence-corrected chi connectivity index (χ4v) is 6.67. The van der Waals surface area contributed by atoms with E-state index in [0.29, 0.717) is 18.6 Å². The maximum Gasteiger partial charge on any atom is 0.413 e. The van der Waals surface area contributed by atoms with Crippen LogP contribution in [0.15, 0.2) is 46.2 Å². The number of nitrogens with one attached hydrogen (secondary N) is 1. The van der Waals surface area contributed by atoms with Gasteiger partial charge in [0.15, 0.2) is 10.8 Å². The summed E-state index contributed by atoms with van der Waals surface area (Å²) in [6.07, 6.45) is 1.24. The standard InChI is InChI=1S/C23H28N4O6S2/c1-23(2,3)12-16(25-22(30)33-15-8-11-34-14-15)21(29)26-10-7-17-20(26)18(28)13-27(17)35(31,32)19-6-4-5-9-24-19/h4-6,8-9,11,14,16-17,20H,7,10,12-13H2,1-3H3,(H,25,30). The number of amides is 2. The minimum Gasteiger partial charge on any atom is -0.409 e. The first-order valence-corrected chi connectivity index (χ1v) is 13.6. The van der Waals surface area contributed by atoms with Crippen molar-refractivity contribution in [3.8, 4) is 5.75 Å². The number of fused-ring (bicyclic) bond motifs is 1. The third-order valence-electron chi connectivity index (χ3n) is 5.98. The molecule has 12 heteroatoms. The molecule has 1 N–H and O–H groups in total. The first kappa shape index (κ1) is 25.3. The summed E-state index contributed by atoms with van der Waals surface area (Å²) in [7, 11) is -4.00. The van der Waals surface area contributed by atoms with Gasteiger partial charge < -0.3 is 15.0 Å². The lowest BCUT2D eigenvalue weighted by atomic mass is 9.87. The van der Waals surface area contributed by atoms with Crippen molar-refractivity contribution < 1.29 is 27.5 Å². The van der Waals surface area contributed by atoms with Crippen LogP contribution in [0.1, 0.15) is 33.6 Å². The zero-order valence-electron chi connectivity index (χ0n) is 19.7. The number of aromatic nitrogens is 1. The number of hydrogen-bond donors (Lipinski definition) is 1. The van der Waals surface area contributed by atoms with Gasteiger partial charge in [-0.25, -0.2) is 18.2 Å². The fourth-order valence-electron chi connectivity index (χ4n) is 4.56. The molecule has 2 aliphatic rings. The second-order valence-corrected chi connectivity index (χ2v) is 12.4. The zero-order valence-corrected chi connectivity index (χ0v) is 21.3. The van der Waals surface area contributed by atoms with E-state index in [4.69, 9.17) is 4.74 Å². The average molecular weight is 521 g/mol. The summed E-state index contributed by atoms with van der Waals surface area (Å²) in [6.45, 7) is 5.70. The van der Waals surface area contributed by atoms with Crippen LogP contribution >= 0.6 is 11.3 Å². The first-order chi connectivity index (χ1) is 16.5. The van der Waals surface area contributed by atoms with E-state index in [1.807, 2.05) is 20.8 Å². The molecule has 3 atom stereocenters. The van der Waals surface area contributed by atoms with Crippen molar-refractivity contribution in [1.29, 1.82) is 0 Å². The molecule has 2 fully saturated rings. The molecule has 10 nitrogen and oxygen atoms in total. The van der Waals surface area contributed by atoms with Crippen molar-refractivity contribution in [2.45, 2.75) is 56.8 Å². The Bertz CT molecular complexity index is 1190. The van der Waals surface area contributed by atoms with Crippen LogP contribution in [0.3, 0.4) is 0 Å². The van der Waals surface area contributed by atoms with E-state index in [-0.39, 0.29) is 29.3 Å². The van der Waals surface area contributed by atoms with Gasteiger partial charge in [-0.1, -0.05) is 26.8 Å². The summed E-state index contributed by atoms with van der Waals surface area (Å²) in [5.74, 6) is -0.409. The third kappa shape index (κ3) is 5.39. The molecule has 2 saturated heterocycles. The Labute approximate surface area is 208 Å². The first-order valence-electron chi connectivity index (χ1n) is 11.2. The summed E-state index contributed by atoms with van der Waals surface area (Å²) in [6, 6.07) is 3.69. The van der Waals surface area contributed by atoms with Gasteiger partial charge in [-0.2, -0.15) is 4.31 Å². The van der Waals surface area contributed by atoms with E-state index in [0.717, 1.165) is 4.31 Å². The van der Waals surface area contributed by atoms with Crippen LogP contribution < -0.4 is 10.1 Å². The normalized spacial score (nSPS) is 21.6. The van der Waals surface area contributed by atoms with Gasteiger partial charge in [-0.05, 0) is 41.8 Å². The summed E-state index contributed by atoms with van der Waals surface area (Å²) >= 11 is 1.37. The highest BCUT2D eigenvalue weighted by molar-refractivity contribution is 7.89. The molecule has 4 rings (SSSR count). The van der Waals surface area contributed by atoms with Gasteiger partial charge in [0.1, 0.15) is 17.8 Å². The average Bonchev–Trinajstić information content (AvgIpc) is 3.51. The molecule has 4 heterocycles. The highest BCUT2D eigenvalue weighted by atomic mass is 32.2. The second-order valence-electron chi connectivity index (χ2n) is 9.83. The molecular formula is C23H28N4O6S2. The highest BCUT2D eigenvalue weighted by Gasteiger charge is 2.54. The van der Waals surface area contributed by atoms with Crippen LogP contribution in [0.25, 0.3) is 0 Å². The van der Waals surface area contributed by atoms with Gasteiger partial charge in [0.25, 0.3) is 10.0 Å². The van der Waals surface area contributed by atoms with Crippen LogP contribution in [-0.4, -0.2) is 71.6 Å². The topological polar surface area (TPSA) is 126 Å². The van der Waals surface area contributed by atoms with E-state index in [1.165, 1.54) is 28.5 Å². The maximum absolute atomic E-state index is 13.6. The Kier molecular flexibility index (Phi) is 6.98. The van der Waals surface area contributed by atoms with E-state index >= 15 is 0 Å². The number of thiophene rings is 1. The number of ether oxygens (including phenoxy) is 1. The molecular weight excluding hydrogens is 492 g/mol. The SMILES string of the molecule is CC(C)(C)CC(NC(=O)Oc1ccsc1)C(=O)N1CCC2C1C(=O)CN2S(=O)(=O)c1ccccn1. The van der Waals surface area contributed by atoms with Gasteiger partial charge in [0.2, 0.25) is 5.91 Å². The van der Waals surface area contributed by atoms with E-state index in [9.17, 15) is 22.8 Å². The van der Waals surface area contributed by atoms with Crippen molar-refractivity contribution in [3.63, 3.8) is 0 Å². The number of likely N-dealkylation sites (tertiary alicyclic amines) is 1. The summed E-state index contributed by atoms with van der Waals surface area (Å²) in [5.41, 5.74) is -0.316. The predicted molar refractivity (Wildman–Crippen MR) is 128 cm³/mol. The lowest BCUT2D eigenvalue weighted by molar-refractivity contribution is -0.138. The minimum absolute atomic E-state index is 0.137. The molecule has 188 valence electrons. The Morgan fingerprint density at radius 3 is 2.69 bits per heavy atom. The van der Waals surface area contributed by atoms with E-state index < -0.39 is 40.1 Å². The van der Waals surface area contributed by atoms with Gasteiger partial charge >= 0.3 is 6.09 Å². The van der Waals surface area contributed by atoms with Gasteiger partial charge in [-0.3, -0.25) is 9.59 Å². The van der Waals surface area contributed by atoms with Crippen LogP contribution in [-0.2, 0) is 19.6 Å². The van der Waals surface area contributed by atoms with Gasteiger partial charge in [-0.15, -0.1) is 11.3 Å². The lowest BCUT2D eigenvalue weighted by Gasteiger charge is -2.31. The van der Waals surface area contributed by atoms with E-state index in [2.05, 4.69) is 10.3 Å². The highest BCUT2D eigenvalue weighted by Crippen LogP contribution is 2.34. The third-order valence-corrected chi connectivity index (χ3v) is 8.43. The Balaban J connectivity index is 1.53. The number of rotatable bonds is 6. The largest absolute Gasteiger partial charge is 0.413 e. The molecule has 0 saturated carbocycles. The van der Waals surface area contributed by atoms with Crippen molar-refractivity contribution in [3.05, 3.63) is 41.2 Å². The Morgan fingerprint density at radius 2 is 2.06 bits per heavy atom. The minimum atomic E-state index is -4.00. The van der Waals surface area contributed by atoms with Crippen molar-refractivity contribution >= 4 is 39.1 Å². The Hall–Kier alpha value is -2.83. The van der Waals surface area contributed by atoms with Crippen LogP contribution in [0.4, 0.5) is 4.79 Å². The summed E-state index contributed by atoms with van der Waals surface area (Å²) in [5, 5.41) is 5.94. The molecule has 2 aromatic rings. The maximum atomic E-state index is 13.6. The monoisotopic (exact) mass is 520 g/mol. The number of carbonyl (C=O) groups excluding carboxylic acids is 3. The molecule has 0 radical (unpaired) electrons. The van der Waals surface area contributed by atoms with Crippen LogP contribution in [0.2, 0.25) is 0 Å². The number of ketones is 1. The molecule has 35 heavy (non-hydrogen) atoms. The number of nitrogens with zero attached hydrogens (tertiary/aromatic N) is 3. The number of pyridine rings is 1. The molecule has 0 aromatic carbocycles. The number of hydrogen-bond acceptors (Lipinski definition) is 8. The Morgan fingerprint density at radius 1 is 1.29 bits per heavy atom. The molecule has 0 bridgehead atoms. The van der Waals surface area contributed by atoms with Crippen LogP contribution in [0.5, 0.6) is 5.75 Å². The molecule has 0 spiro atoms. The molecule has 3 unspecified atom stereocenters. The molecule has 2 amide bonds. The number of Topliss-reactive ketones (excluding diaryl/α,β-unsaturated/α-hetero) is 1. The lowest BCUT2D eigenvalue weighted by Crippen LogP contribution is -2.54. The quantitative estimate of drug-likeness (QED) is 0.619. The van der Waals surface area contributed by atoms with Crippen molar-refractivity contribution in [2.75, 3.05) is 13.1 Å². The summed E-state index contributed by atoms with van der Waals surface area (Å²) < 4.78 is 32.7. The van der Waals surface area contributed by atoms with Crippen molar-refractivity contribution in [1.82, 2.24) is 19.5 Å². The zero-order chi connectivity index (χ0) is 25.4. The fraction of sp³-hybridized carbons (Fsp3) is 0.478. The van der Waals surface area contributed by atoms with Crippen LogP contribution in [0, 0.1) is 5.41 Å². The van der Waals surface area contributed by atoms with E-state index in [1.54, 1.807) is 29.0 Å². The van der Waals surface area contributed by atoms with Crippen molar-refractivity contribution in [2.24, 2.45) is 5.41 Å². The molecule has 0 aliphatic carbocycles. The predicted octanol–water partition coefficient (Wildman–Crippen LogP) is 2.28. The number of sulfonamides is 1. The van der Waals surface area contributed by atoms with Gasteiger partial charge in [0, 0.05) is 18.1 Å². The molecule has 2 aromatic heterocycles. The smallest absolute Gasteiger partial charge is 0.409 e. The second kappa shape index (κ2) is 9.67.